The van der Waals surface area contributed by atoms with E-state index < -0.39 is 0 Å². The number of fused-ring (bicyclic) bond motifs is 1. The van der Waals surface area contributed by atoms with Crippen LogP contribution in [0, 0.1) is 0 Å². The first kappa shape index (κ1) is 9.07. The van der Waals surface area contributed by atoms with E-state index in [9.17, 15) is 0 Å². The van der Waals surface area contributed by atoms with Crippen molar-refractivity contribution >= 4 is 27.0 Å². The summed E-state index contributed by atoms with van der Waals surface area (Å²) in [6, 6.07) is 4.24. The first-order valence-corrected chi connectivity index (χ1v) is 6.05. The Balaban J connectivity index is 2.17. The van der Waals surface area contributed by atoms with E-state index in [0.29, 0.717) is 0 Å². The zero-order valence-electron chi connectivity index (χ0n) is 8.36. The summed E-state index contributed by atoms with van der Waals surface area (Å²) < 4.78 is 1.32. The topological polar surface area (TPSA) is 24.9 Å². The molecule has 0 bridgehead atoms. The van der Waals surface area contributed by atoms with E-state index >= 15 is 0 Å². The van der Waals surface area contributed by atoms with E-state index in [1.807, 2.05) is 6.20 Å². The fraction of sp³-hybridized carbons (Fsp3) is 0.250. The van der Waals surface area contributed by atoms with Gasteiger partial charge in [-0.2, -0.15) is 0 Å². The quantitative estimate of drug-likeness (QED) is 0.792. The molecule has 0 spiro atoms. The zero-order valence-corrected chi connectivity index (χ0v) is 9.18. The fourth-order valence-corrected chi connectivity index (χ4v) is 2.88. The first-order valence-electron chi connectivity index (χ1n) is 5.17. The van der Waals surface area contributed by atoms with Crippen LogP contribution in [-0.2, 0) is 0 Å². The molecule has 2 aromatic heterocycles. The summed E-state index contributed by atoms with van der Waals surface area (Å²) in [7, 11) is 0. The number of aromatic nitrogens is 1. The van der Waals surface area contributed by atoms with Gasteiger partial charge in [-0.15, -0.1) is 11.3 Å². The summed E-state index contributed by atoms with van der Waals surface area (Å²) in [6.07, 6.45) is 5.25. The number of pyridine rings is 1. The van der Waals surface area contributed by atoms with Crippen LogP contribution >= 0.6 is 11.3 Å². The van der Waals surface area contributed by atoms with Gasteiger partial charge in [-0.25, -0.2) is 0 Å². The molecule has 0 unspecified atom stereocenters. The van der Waals surface area contributed by atoms with Crippen LogP contribution in [0.5, 0.6) is 0 Å². The normalized spacial score (nSPS) is 16.7. The Morgan fingerprint density at radius 1 is 1.33 bits per heavy atom. The SMILES string of the molecule is C1=C(c2nccc3ccsc23)CCNC1. The highest BCUT2D eigenvalue weighted by Crippen LogP contribution is 2.29. The molecule has 76 valence electrons. The molecule has 0 fully saturated rings. The Hall–Kier alpha value is -1.19. The van der Waals surface area contributed by atoms with E-state index in [0.717, 1.165) is 19.5 Å². The number of nitrogens with one attached hydrogen (secondary N) is 1. The maximum Gasteiger partial charge on any atom is 0.0837 e. The van der Waals surface area contributed by atoms with Gasteiger partial charge in [-0.1, -0.05) is 6.08 Å². The Kier molecular flexibility index (Phi) is 2.27. The van der Waals surface area contributed by atoms with Gasteiger partial charge in [0.05, 0.1) is 10.4 Å². The second-order valence-corrected chi connectivity index (χ2v) is 4.60. The minimum Gasteiger partial charge on any atom is -0.313 e. The highest BCUT2D eigenvalue weighted by molar-refractivity contribution is 7.17. The summed E-state index contributed by atoms with van der Waals surface area (Å²) >= 11 is 1.78. The van der Waals surface area contributed by atoms with Crippen molar-refractivity contribution in [3.63, 3.8) is 0 Å². The first-order chi connectivity index (χ1) is 7.45. The van der Waals surface area contributed by atoms with Gasteiger partial charge in [0.15, 0.2) is 0 Å². The van der Waals surface area contributed by atoms with Crippen LogP contribution in [0.4, 0.5) is 0 Å². The third kappa shape index (κ3) is 1.58. The van der Waals surface area contributed by atoms with Crippen LogP contribution < -0.4 is 5.32 Å². The van der Waals surface area contributed by atoms with E-state index in [4.69, 9.17) is 0 Å². The summed E-state index contributed by atoms with van der Waals surface area (Å²) in [5, 5.41) is 6.77. The molecule has 2 aromatic rings. The minimum absolute atomic E-state index is 0.971. The van der Waals surface area contributed by atoms with Gasteiger partial charge in [0.1, 0.15) is 0 Å². The molecule has 0 radical (unpaired) electrons. The van der Waals surface area contributed by atoms with Crippen molar-refractivity contribution in [3.05, 3.63) is 35.5 Å². The molecule has 0 saturated heterocycles. The van der Waals surface area contributed by atoms with Gasteiger partial charge in [0, 0.05) is 12.7 Å². The molecular formula is C12H12N2S. The molecule has 3 heteroatoms. The minimum atomic E-state index is 0.971. The number of hydrogen-bond acceptors (Lipinski definition) is 3. The largest absolute Gasteiger partial charge is 0.313 e. The van der Waals surface area contributed by atoms with Gasteiger partial charge < -0.3 is 5.32 Å². The van der Waals surface area contributed by atoms with Crippen LogP contribution in [0.3, 0.4) is 0 Å². The Bertz CT molecular complexity index is 513. The van der Waals surface area contributed by atoms with Gasteiger partial charge in [0.2, 0.25) is 0 Å². The molecule has 1 N–H and O–H groups in total. The van der Waals surface area contributed by atoms with Gasteiger partial charge in [-0.05, 0) is 41.4 Å². The van der Waals surface area contributed by atoms with Crippen LogP contribution in [0.2, 0.25) is 0 Å². The number of rotatable bonds is 1. The van der Waals surface area contributed by atoms with Crippen LogP contribution in [0.15, 0.2) is 29.8 Å². The van der Waals surface area contributed by atoms with Crippen molar-refractivity contribution in [1.82, 2.24) is 10.3 Å². The molecule has 2 nitrogen and oxygen atoms in total. The summed E-state index contributed by atoms with van der Waals surface area (Å²) in [5.41, 5.74) is 2.57. The summed E-state index contributed by atoms with van der Waals surface area (Å²) in [5.74, 6) is 0. The van der Waals surface area contributed by atoms with E-state index in [1.165, 1.54) is 21.4 Å². The molecule has 0 saturated carbocycles. The molecule has 0 aromatic carbocycles. The zero-order chi connectivity index (χ0) is 10.1. The van der Waals surface area contributed by atoms with Crippen molar-refractivity contribution in [2.24, 2.45) is 0 Å². The van der Waals surface area contributed by atoms with Crippen molar-refractivity contribution in [3.8, 4) is 0 Å². The van der Waals surface area contributed by atoms with E-state index in [1.54, 1.807) is 11.3 Å². The van der Waals surface area contributed by atoms with E-state index in [2.05, 4.69) is 33.9 Å². The van der Waals surface area contributed by atoms with Crippen LogP contribution in [0.1, 0.15) is 12.1 Å². The Morgan fingerprint density at radius 2 is 2.33 bits per heavy atom. The second kappa shape index (κ2) is 3.76. The highest BCUT2D eigenvalue weighted by Gasteiger charge is 2.10. The molecule has 1 aliphatic rings. The molecule has 0 atom stereocenters. The van der Waals surface area contributed by atoms with E-state index in [-0.39, 0.29) is 0 Å². The smallest absolute Gasteiger partial charge is 0.0837 e. The molecule has 3 rings (SSSR count). The summed E-state index contributed by atoms with van der Waals surface area (Å²) in [6.45, 7) is 2.04. The van der Waals surface area contributed by atoms with Crippen LogP contribution in [-0.4, -0.2) is 18.1 Å². The molecular weight excluding hydrogens is 204 g/mol. The standard InChI is InChI=1S/C12H12N2S/c1-5-13-6-2-9(1)11-12-10(3-7-14-11)4-8-15-12/h1,3-4,7-8,13H,2,5-6H2. The molecule has 15 heavy (non-hydrogen) atoms. The molecule has 0 amide bonds. The Labute approximate surface area is 92.7 Å². The second-order valence-electron chi connectivity index (χ2n) is 3.68. The van der Waals surface area contributed by atoms with Crippen molar-refractivity contribution in [2.75, 3.05) is 13.1 Å². The van der Waals surface area contributed by atoms with Crippen molar-refractivity contribution in [2.45, 2.75) is 6.42 Å². The lowest BCUT2D eigenvalue weighted by Gasteiger charge is -2.13. The number of nitrogens with zero attached hydrogens (tertiary/aromatic N) is 1. The molecule has 1 aliphatic heterocycles. The maximum atomic E-state index is 4.52. The van der Waals surface area contributed by atoms with Gasteiger partial charge in [0.25, 0.3) is 0 Å². The predicted octanol–water partition coefficient (Wildman–Crippen LogP) is 2.67. The lowest BCUT2D eigenvalue weighted by molar-refractivity contribution is 0.737. The third-order valence-electron chi connectivity index (χ3n) is 2.74. The van der Waals surface area contributed by atoms with Gasteiger partial charge in [-0.3, -0.25) is 4.98 Å². The number of hydrogen-bond donors (Lipinski definition) is 1. The molecule has 3 heterocycles. The Morgan fingerprint density at radius 3 is 3.20 bits per heavy atom. The summed E-state index contributed by atoms with van der Waals surface area (Å²) in [4.78, 5) is 4.52. The van der Waals surface area contributed by atoms with Crippen molar-refractivity contribution in [1.29, 1.82) is 0 Å². The monoisotopic (exact) mass is 216 g/mol. The predicted molar refractivity (Wildman–Crippen MR) is 65.1 cm³/mol. The van der Waals surface area contributed by atoms with Gasteiger partial charge >= 0.3 is 0 Å². The third-order valence-corrected chi connectivity index (χ3v) is 3.67. The maximum absolute atomic E-state index is 4.52. The average Bonchev–Trinajstić information content (AvgIpc) is 2.78. The lowest BCUT2D eigenvalue weighted by atomic mass is 10.0. The average molecular weight is 216 g/mol. The highest BCUT2D eigenvalue weighted by atomic mass is 32.1. The fourth-order valence-electron chi connectivity index (χ4n) is 1.96. The lowest BCUT2D eigenvalue weighted by Crippen LogP contribution is -2.20. The number of thiophene rings is 1. The van der Waals surface area contributed by atoms with Crippen LogP contribution in [0.25, 0.3) is 15.7 Å². The van der Waals surface area contributed by atoms with Crippen molar-refractivity contribution < 1.29 is 0 Å². The molecule has 0 aliphatic carbocycles.